The van der Waals surface area contributed by atoms with Crippen molar-refractivity contribution in [3.63, 3.8) is 0 Å². The SMILES string of the molecule is Cl.Clc1cccc(Cl)c1CNCc1ccco1. The average molecular weight is 293 g/mol. The molecule has 0 spiro atoms. The first kappa shape index (κ1) is 14.4. The summed E-state index contributed by atoms with van der Waals surface area (Å²) >= 11 is 12.1. The lowest BCUT2D eigenvalue weighted by molar-refractivity contribution is 0.483. The van der Waals surface area contributed by atoms with Crippen molar-refractivity contribution in [3.8, 4) is 0 Å². The molecule has 0 atom stereocenters. The summed E-state index contributed by atoms with van der Waals surface area (Å²) in [5.41, 5.74) is 0.914. The molecule has 0 fully saturated rings. The van der Waals surface area contributed by atoms with Gasteiger partial charge in [-0.25, -0.2) is 0 Å². The number of furan rings is 1. The van der Waals surface area contributed by atoms with E-state index in [1.165, 1.54) is 0 Å². The number of hydrogen-bond acceptors (Lipinski definition) is 2. The lowest BCUT2D eigenvalue weighted by Crippen LogP contribution is -2.12. The molecular formula is C12H12Cl3NO. The Morgan fingerprint density at radius 3 is 2.29 bits per heavy atom. The Balaban J connectivity index is 0.00000144. The molecule has 17 heavy (non-hydrogen) atoms. The van der Waals surface area contributed by atoms with Gasteiger partial charge >= 0.3 is 0 Å². The van der Waals surface area contributed by atoms with Crippen LogP contribution in [0.2, 0.25) is 10.0 Å². The van der Waals surface area contributed by atoms with Crippen LogP contribution < -0.4 is 5.32 Å². The van der Waals surface area contributed by atoms with Crippen molar-refractivity contribution in [2.75, 3.05) is 0 Å². The molecule has 0 saturated heterocycles. The normalized spacial score (nSPS) is 10.0. The fourth-order valence-electron chi connectivity index (χ4n) is 1.43. The lowest BCUT2D eigenvalue weighted by atomic mass is 10.2. The predicted octanol–water partition coefficient (Wildman–Crippen LogP) is 4.30. The Morgan fingerprint density at radius 1 is 1.00 bits per heavy atom. The standard InChI is InChI=1S/C12H11Cl2NO.ClH/c13-11-4-1-5-12(14)10(11)8-15-7-9-3-2-6-16-9;/h1-6,15H,7-8H2;1H. The Morgan fingerprint density at radius 2 is 1.71 bits per heavy atom. The van der Waals surface area contributed by atoms with Gasteiger partial charge in [0.15, 0.2) is 0 Å². The molecule has 1 heterocycles. The quantitative estimate of drug-likeness (QED) is 0.909. The summed E-state index contributed by atoms with van der Waals surface area (Å²) in [5, 5.41) is 4.58. The van der Waals surface area contributed by atoms with E-state index in [2.05, 4.69) is 5.32 Å². The van der Waals surface area contributed by atoms with Crippen LogP contribution in [0.1, 0.15) is 11.3 Å². The first-order valence-corrected chi connectivity index (χ1v) is 5.69. The fourth-order valence-corrected chi connectivity index (χ4v) is 1.96. The highest BCUT2D eigenvalue weighted by atomic mass is 35.5. The maximum absolute atomic E-state index is 6.04. The molecule has 0 saturated carbocycles. The first-order chi connectivity index (χ1) is 7.77. The van der Waals surface area contributed by atoms with E-state index in [9.17, 15) is 0 Å². The van der Waals surface area contributed by atoms with Crippen molar-refractivity contribution in [1.82, 2.24) is 5.32 Å². The Bertz CT molecular complexity index is 437. The molecule has 0 radical (unpaired) electrons. The fraction of sp³-hybridized carbons (Fsp3) is 0.167. The molecule has 0 aliphatic rings. The number of rotatable bonds is 4. The molecule has 1 aromatic heterocycles. The molecule has 0 bridgehead atoms. The van der Waals surface area contributed by atoms with Crippen LogP contribution in [0.3, 0.4) is 0 Å². The summed E-state index contributed by atoms with van der Waals surface area (Å²) in [5.74, 6) is 0.892. The molecule has 1 aromatic carbocycles. The number of nitrogens with one attached hydrogen (secondary N) is 1. The molecular weight excluding hydrogens is 280 g/mol. The summed E-state index contributed by atoms with van der Waals surface area (Å²) in [6.45, 7) is 1.29. The molecule has 0 aliphatic heterocycles. The first-order valence-electron chi connectivity index (χ1n) is 4.93. The second-order valence-corrected chi connectivity index (χ2v) is 4.20. The zero-order valence-corrected chi connectivity index (χ0v) is 11.3. The Kier molecular flexibility index (Phi) is 5.86. The van der Waals surface area contributed by atoms with E-state index in [1.807, 2.05) is 30.3 Å². The van der Waals surface area contributed by atoms with Crippen LogP contribution in [0.15, 0.2) is 41.0 Å². The van der Waals surface area contributed by atoms with Gasteiger partial charge in [0.25, 0.3) is 0 Å². The summed E-state index contributed by atoms with van der Waals surface area (Å²) in [4.78, 5) is 0. The van der Waals surface area contributed by atoms with E-state index in [-0.39, 0.29) is 12.4 Å². The molecule has 2 rings (SSSR count). The van der Waals surface area contributed by atoms with Crippen LogP contribution >= 0.6 is 35.6 Å². The molecule has 92 valence electrons. The van der Waals surface area contributed by atoms with Gasteiger partial charge in [-0.15, -0.1) is 12.4 Å². The second kappa shape index (κ2) is 6.92. The van der Waals surface area contributed by atoms with Crippen molar-refractivity contribution >= 4 is 35.6 Å². The van der Waals surface area contributed by atoms with Gasteiger partial charge in [-0.2, -0.15) is 0 Å². The highest BCUT2D eigenvalue weighted by Gasteiger charge is 2.04. The number of benzene rings is 1. The van der Waals surface area contributed by atoms with E-state index < -0.39 is 0 Å². The Hall–Kier alpha value is -0.670. The third kappa shape index (κ3) is 3.93. The van der Waals surface area contributed by atoms with Crippen LogP contribution in [-0.2, 0) is 13.1 Å². The van der Waals surface area contributed by atoms with E-state index in [1.54, 1.807) is 6.26 Å². The topological polar surface area (TPSA) is 25.2 Å². The molecule has 2 nitrogen and oxygen atoms in total. The van der Waals surface area contributed by atoms with Crippen LogP contribution in [0.4, 0.5) is 0 Å². The maximum Gasteiger partial charge on any atom is 0.117 e. The van der Waals surface area contributed by atoms with Crippen LogP contribution in [-0.4, -0.2) is 0 Å². The third-order valence-corrected chi connectivity index (χ3v) is 2.95. The average Bonchev–Trinajstić information content (AvgIpc) is 2.75. The lowest BCUT2D eigenvalue weighted by Gasteiger charge is -2.07. The van der Waals surface area contributed by atoms with E-state index in [0.29, 0.717) is 23.1 Å². The third-order valence-electron chi connectivity index (χ3n) is 2.24. The molecule has 2 aromatic rings. The van der Waals surface area contributed by atoms with Crippen molar-refractivity contribution in [3.05, 3.63) is 58.0 Å². The highest BCUT2D eigenvalue weighted by molar-refractivity contribution is 6.35. The smallest absolute Gasteiger partial charge is 0.117 e. The summed E-state index contributed by atoms with van der Waals surface area (Å²) < 4.78 is 5.20. The van der Waals surface area contributed by atoms with Crippen LogP contribution in [0, 0.1) is 0 Å². The second-order valence-electron chi connectivity index (χ2n) is 3.38. The number of halogens is 3. The van der Waals surface area contributed by atoms with E-state index in [0.717, 1.165) is 11.3 Å². The summed E-state index contributed by atoms with van der Waals surface area (Å²) in [6, 6.07) is 9.27. The van der Waals surface area contributed by atoms with Crippen LogP contribution in [0.25, 0.3) is 0 Å². The molecule has 0 amide bonds. The maximum atomic E-state index is 6.04. The van der Waals surface area contributed by atoms with E-state index in [4.69, 9.17) is 27.6 Å². The monoisotopic (exact) mass is 291 g/mol. The van der Waals surface area contributed by atoms with Gasteiger partial charge in [-0.05, 0) is 24.3 Å². The van der Waals surface area contributed by atoms with Crippen molar-refractivity contribution in [2.45, 2.75) is 13.1 Å². The van der Waals surface area contributed by atoms with Crippen molar-refractivity contribution in [1.29, 1.82) is 0 Å². The summed E-state index contributed by atoms with van der Waals surface area (Å²) in [6.07, 6.45) is 1.65. The minimum atomic E-state index is 0. The van der Waals surface area contributed by atoms with Gasteiger partial charge in [0.1, 0.15) is 5.76 Å². The molecule has 0 unspecified atom stereocenters. The predicted molar refractivity (Wildman–Crippen MR) is 73.0 cm³/mol. The van der Waals surface area contributed by atoms with Gasteiger partial charge in [0.2, 0.25) is 0 Å². The minimum Gasteiger partial charge on any atom is -0.468 e. The van der Waals surface area contributed by atoms with Crippen molar-refractivity contribution < 1.29 is 4.42 Å². The molecule has 1 N–H and O–H groups in total. The van der Waals surface area contributed by atoms with Gasteiger partial charge in [0, 0.05) is 22.2 Å². The Labute approximate surface area is 116 Å². The van der Waals surface area contributed by atoms with Gasteiger partial charge in [-0.3, -0.25) is 0 Å². The largest absolute Gasteiger partial charge is 0.468 e. The molecule has 5 heteroatoms. The van der Waals surface area contributed by atoms with Crippen LogP contribution in [0.5, 0.6) is 0 Å². The summed E-state index contributed by atoms with van der Waals surface area (Å²) in [7, 11) is 0. The zero-order chi connectivity index (χ0) is 11.4. The van der Waals surface area contributed by atoms with Gasteiger partial charge in [-0.1, -0.05) is 29.3 Å². The van der Waals surface area contributed by atoms with Crippen molar-refractivity contribution in [2.24, 2.45) is 0 Å². The zero-order valence-electron chi connectivity index (χ0n) is 8.95. The number of hydrogen-bond donors (Lipinski definition) is 1. The molecule has 0 aliphatic carbocycles. The minimum absolute atomic E-state index is 0. The van der Waals surface area contributed by atoms with E-state index >= 15 is 0 Å². The van der Waals surface area contributed by atoms with Gasteiger partial charge in [0.05, 0.1) is 12.8 Å². The highest BCUT2D eigenvalue weighted by Crippen LogP contribution is 2.23. The van der Waals surface area contributed by atoms with Gasteiger partial charge < -0.3 is 9.73 Å².